The van der Waals surface area contributed by atoms with Crippen molar-refractivity contribution in [2.45, 2.75) is 98.3 Å². The summed E-state index contributed by atoms with van der Waals surface area (Å²) >= 11 is 0. The maximum Gasteiger partial charge on any atom is 0.324 e. The second-order valence-electron chi connectivity index (χ2n) is 18.5. The van der Waals surface area contributed by atoms with Crippen LogP contribution < -0.4 is 10.7 Å². The Morgan fingerprint density at radius 2 is 1.87 bits per heavy atom. The van der Waals surface area contributed by atoms with Gasteiger partial charge in [-0.15, -0.1) is 0 Å². The van der Waals surface area contributed by atoms with Gasteiger partial charge in [-0.2, -0.15) is 0 Å². The highest BCUT2D eigenvalue weighted by atomic mass is 16.5. The Labute approximate surface area is 369 Å². The molecule has 2 saturated heterocycles. The predicted molar refractivity (Wildman–Crippen MR) is 241 cm³/mol. The number of likely N-dealkylation sites (N-methyl/N-ethyl adjacent to an activating group) is 1. The van der Waals surface area contributed by atoms with Crippen molar-refractivity contribution >= 4 is 40.5 Å². The van der Waals surface area contributed by atoms with Gasteiger partial charge in [0.1, 0.15) is 23.9 Å². The number of aromatic nitrogens is 2. The number of likely N-dealkylation sites (tertiary alicyclic amines) is 1. The molecule has 4 atom stereocenters. The number of rotatable bonds is 8. The summed E-state index contributed by atoms with van der Waals surface area (Å²) in [6.07, 6.45) is 6.93. The molecule has 3 N–H and O–H groups in total. The van der Waals surface area contributed by atoms with E-state index in [9.17, 15) is 29.1 Å². The maximum absolute atomic E-state index is 14.7. The number of phenols is 1. The quantitative estimate of drug-likeness (QED) is 0.152. The molecule has 3 aliphatic rings. The minimum atomic E-state index is -1.15. The number of hydrogen-bond donors (Lipinski definition) is 3. The van der Waals surface area contributed by atoms with E-state index in [4.69, 9.17) is 4.74 Å². The molecular weight excluding hydrogens is 799 g/mol. The third-order valence-corrected chi connectivity index (χ3v) is 12.8. The Morgan fingerprint density at radius 1 is 1.10 bits per heavy atom. The predicted octanol–water partition coefficient (Wildman–Crippen LogP) is 5.57. The van der Waals surface area contributed by atoms with Gasteiger partial charge in [0.25, 0.3) is 5.91 Å². The summed E-state index contributed by atoms with van der Waals surface area (Å²) < 4.78 is 8.37. The van der Waals surface area contributed by atoms with Crippen LogP contribution in [-0.4, -0.2) is 110 Å². The van der Waals surface area contributed by atoms with Gasteiger partial charge in [-0.1, -0.05) is 46.4 Å². The Morgan fingerprint density at radius 3 is 2.59 bits per heavy atom. The van der Waals surface area contributed by atoms with Gasteiger partial charge in [-0.3, -0.25) is 34.0 Å². The molecule has 5 heterocycles. The third kappa shape index (κ3) is 9.36. The molecule has 0 aliphatic carbocycles. The summed E-state index contributed by atoms with van der Waals surface area (Å²) in [5, 5.41) is 16.7. The molecule has 4 amide bonds. The topological polar surface area (TPSA) is 166 Å². The molecule has 2 aromatic carbocycles. The van der Waals surface area contributed by atoms with E-state index < -0.39 is 47.2 Å². The minimum Gasteiger partial charge on any atom is -0.508 e. The van der Waals surface area contributed by atoms with Crippen LogP contribution in [0.2, 0.25) is 0 Å². The van der Waals surface area contributed by atoms with E-state index in [0.717, 1.165) is 44.4 Å². The van der Waals surface area contributed by atoms with Gasteiger partial charge in [-0.25, -0.2) is 5.43 Å². The summed E-state index contributed by atoms with van der Waals surface area (Å²) in [5.74, 6) is -2.80. The molecule has 7 rings (SSSR count). The average molecular weight is 860 g/mol. The van der Waals surface area contributed by atoms with E-state index in [-0.39, 0.29) is 49.6 Å². The first kappa shape index (κ1) is 45.0. The van der Waals surface area contributed by atoms with Gasteiger partial charge < -0.3 is 29.5 Å². The summed E-state index contributed by atoms with van der Waals surface area (Å²) in [7, 11) is 1.58. The van der Waals surface area contributed by atoms with E-state index in [1.54, 1.807) is 30.3 Å². The fourth-order valence-corrected chi connectivity index (χ4v) is 9.62. The number of nitrogens with one attached hydrogen (secondary N) is 2. The van der Waals surface area contributed by atoms with Crippen molar-refractivity contribution < 1.29 is 33.8 Å². The number of aromatic hydroxyl groups is 1. The average Bonchev–Trinajstić information content (AvgIpc) is 3.87. The molecule has 2 fully saturated rings. The SMILES string of the molecule is C=CC(=O)N1CC[C@H](C(=O)N(C)[C@H](C(=O)N[C@H]2Cc3cc(O)cc(c3)-c3ccc4c(c3)c(c(-c3cnccc3C)n4CC)CC(C)(C)COC(=O)[C@@H]3CCCN(N3)C2=O)C(C)C)C1. The summed E-state index contributed by atoms with van der Waals surface area (Å²) in [5.41, 5.74) is 10.1. The number of pyridine rings is 1. The van der Waals surface area contributed by atoms with Crippen LogP contribution in [0.15, 0.2) is 67.5 Å². The Bertz CT molecular complexity index is 2440. The molecule has 14 heteroatoms. The fraction of sp³-hybridized carbons (Fsp3) is 0.469. The lowest BCUT2D eigenvalue weighted by Gasteiger charge is -2.37. The molecule has 0 unspecified atom stereocenters. The molecule has 3 aliphatic heterocycles. The first-order chi connectivity index (χ1) is 30.0. The molecule has 6 bridgehead atoms. The highest BCUT2D eigenvalue weighted by molar-refractivity contribution is 5.96. The van der Waals surface area contributed by atoms with Crippen LogP contribution in [0.4, 0.5) is 0 Å². The Balaban J connectivity index is 1.29. The molecule has 0 spiro atoms. The van der Waals surface area contributed by atoms with Gasteiger partial charge in [0.2, 0.25) is 17.7 Å². The monoisotopic (exact) mass is 859 g/mol. The molecular formula is C49H61N7O7. The zero-order valence-electron chi connectivity index (χ0n) is 37.6. The van der Waals surface area contributed by atoms with Crippen LogP contribution in [-0.2, 0) is 48.1 Å². The van der Waals surface area contributed by atoms with Gasteiger partial charge >= 0.3 is 5.97 Å². The largest absolute Gasteiger partial charge is 0.508 e. The molecule has 334 valence electrons. The lowest BCUT2D eigenvalue weighted by Crippen LogP contribution is -2.62. The van der Waals surface area contributed by atoms with Crippen molar-refractivity contribution in [2.75, 3.05) is 33.3 Å². The standard InChI is InChI=1S/C49H61N7O7/c1-9-42(58)54-19-16-33(27-54)46(60)53(8)43(29(3)4)45(59)51-40-22-31-20-34(23-35(57)21-31)32-13-14-41-36(24-32)37(44(55(41)10-2)38-26-50-17-15-30(38)5)25-49(6,7)28-63-48(62)39-12-11-18-56(52-39)47(40)61/h9,13-15,17,20-21,23-24,26,29,33,39-40,43,52,57H,1,10-12,16,18-19,22,25,27-28H2,2-8H3,(H,51,59)/t33-,39-,40-,43-/m0/s1. The Kier molecular flexibility index (Phi) is 13.1. The van der Waals surface area contributed by atoms with E-state index >= 15 is 0 Å². The van der Waals surface area contributed by atoms with Crippen molar-refractivity contribution in [2.24, 2.45) is 17.3 Å². The van der Waals surface area contributed by atoms with Gasteiger partial charge in [-0.05, 0) is 110 Å². The smallest absolute Gasteiger partial charge is 0.324 e. The number of cyclic esters (lactones) is 1. The summed E-state index contributed by atoms with van der Waals surface area (Å²) in [6.45, 7) is 17.4. The van der Waals surface area contributed by atoms with E-state index in [0.29, 0.717) is 44.3 Å². The lowest BCUT2D eigenvalue weighted by molar-refractivity contribution is -0.155. The Hall–Kier alpha value is -6.02. The molecule has 14 nitrogen and oxygen atoms in total. The van der Waals surface area contributed by atoms with Crippen molar-refractivity contribution in [3.63, 3.8) is 0 Å². The van der Waals surface area contributed by atoms with Crippen LogP contribution in [0.5, 0.6) is 5.75 Å². The molecule has 0 radical (unpaired) electrons. The van der Waals surface area contributed by atoms with Crippen LogP contribution in [0.3, 0.4) is 0 Å². The number of carbonyl (C=O) groups is 5. The highest BCUT2D eigenvalue weighted by Gasteiger charge is 2.40. The second-order valence-corrected chi connectivity index (χ2v) is 18.5. The zero-order valence-corrected chi connectivity index (χ0v) is 37.6. The second kappa shape index (κ2) is 18.4. The number of hydrogen-bond acceptors (Lipinski definition) is 9. The van der Waals surface area contributed by atoms with Crippen LogP contribution in [0.1, 0.15) is 70.6 Å². The van der Waals surface area contributed by atoms with Crippen molar-refractivity contribution in [1.29, 1.82) is 0 Å². The molecule has 2 aromatic heterocycles. The number of aryl methyl sites for hydroxylation is 2. The van der Waals surface area contributed by atoms with E-state index in [1.165, 1.54) is 16.0 Å². The van der Waals surface area contributed by atoms with E-state index in [1.807, 2.05) is 38.2 Å². The minimum absolute atomic E-state index is 0.00131. The van der Waals surface area contributed by atoms with Crippen molar-refractivity contribution in [3.05, 3.63) is 84.2 Å². The maximum atomic E-state index is 14.7. The number of fused-ring (bicyclic) bond motifs is 6. The van der Waals surface area contributed by atoms with E-state index in [2.05, 4.69) is 66.7 Å². The highest BCUT2D eigenvalue weighted by Crippen LogP contribution is 2.41. The first-order valence-electron chi connectivity index (χ1n) is 22.1. The molecule has 4 aromatic rings. The number of carbonyl (C=O) groups excluding carboxylic acids is 5. The van der Waals surface area contributed by atoms with Crippen LogP contribution in [0.25, 0.3) is 33.3 Å². The number of benzene rings is 2. The summed E-state index contributed by atoms with van der Waals surface area (Å²) in [6, 6.07) is 10.6. The number of amides is 4. The number of phenolic OH excluding ortho intramolecular Hbond substituents is 1. The van der Waals surface area contributed by atoms with Gasteiger partial charge in [0, 0.05) is 73.9 Å². The van der Waals surface area contributed by atoms with Gasteiger partial charge in [0.05, 0.1) is 18.2 Å². The number of nitrogens with zero attached hydrogens (tertiary/aromatic N) is 5. The van der Waals surface area contributed by atoms with Crippen molar-refractivity contribution in [3.8, 4) is 28.1 Å². The summed E-state index contributed by atoms with van der Waals surface area (Å²) in [4.78, 5) is 76.6. The number of hydrazine groups is 1. The van der Waals surface area contributed by atoms with Crippen LogP contribution >= 0.6 is 0 Å². The molecule has 63 heavy (non-hydrogen) atoms. The number of ether oxygens (including phenoxy) is 1. The normalized spacial score (nSPS) is 20.9. The third-order valence-electron chi connectivity index (χ3n) is 12.8. The van der Waals surface area contributed by atoms with Crippen LogP contribution in [0, 0.1) is 24.2 Å². The zero-order chi connectivity index (χ0) is 45.3. The molecule has 0 saturated carbocycles. The fourth-order valence-electron chi connectivity index (χ4n) is 9.62. The first-order valence-corrected chi connectivity index (χ1v) is 22.1. The lowest BCUT2D eigenvalue weighted by atomic mass is 9.84. The number of esters is 1. The van der Waals surface area contributed by atoms with Crippen molar-refractivity contribution in [1.82, 2.24) is 35.1 Å². The van der Waals surface area contributed by atoms with Gasteiger partial charge in [0.15, 0.2) is 0 Å².